The molecular weight excluding hydrogens is 418 g/mol. The van der Waals surface area contributed by atoms with Crippen LogP contribution in [-0.2, 0) is 11.3 Å². The maximum absolute atomic E-state index is 12.5. The van der Waals surface area contributed by atoms with Gasteiger partial charge in [0.2, 0.25) is 5.91 Å². The second-order valence-corrected chi connectivity index (χ2v) is 7.76. The van der Waals surface area contributed by atoms with Crippen LogP contribution in [0.25, 0.3) is 0 Å². The van der Waals surface area contributed by atoms with Crippen LogP contribution < -0.4 is 14.2 Å². The second kappa shape index (κ2) is 8.68. The number of ether oxygens (including phenoxy) is 3. The van der Waals surface area contributed by atoms with Crippen molar-refractivity contribution in [1.82, 2.24) is 4.90 Å². The first kappa shape index (κ1) is 18.9. The molecule has 0 saturated carbocycles. The Balaban J connectivity index is 1.59. The topological polar surface area (TPSA) is 48.0 Å². The number of fused-ring (bicyclic) bond motifs is 1. The van der Waals surface area contributed by atoms with Gasteiger partial charge in [-0.2, -0.15) is 0 Å². The van der Waals surface area contributed by atoms with E-state index in [1.54, 1.807) is 19.1 Å². The normalized spacial score (nSPS) is 12.6. The highest BCUT2D eigenvalue weighted by molar-refractivity contribution is 9.10. The zero-order valence-corrected chi connectivity index (χ0v) is 17.1. The van der Waals surface area contributed by atoms with Gasteiger partial charge in [-0.1, -0.05) is 15.9 Å². The molecule has 0 saturated heterocycles. The summed E-state index contributed by atoms with van der Waals surface area (Å²) in [7, 11) is 3.43. The van der Waals surface area contributed by atoms with Gasteiger partial charge in [0.1, 0.15) is 19.0 Å². The van der Waals surface area contributed by atoms with Gasteiger partial charge < -0.3 is 19.1 Å². The van der Waals surface area contributed by atoms with Gasteiger partial charge in [-0.15, -0.1) is 11.8 Å². The zero-order chi connectivity index (χ0) is 18.5. The first-order chi connectivity index (χ1) is 12.6. The Morgan fingerprint density at radius 2 is 1.96 bits per heavy atom. The van der Waals surface area contributed by atoms with Gasteiger partial charge >= 0.3 is 0 Å². The molecule has 26 heavy (non-hydrogen) atoms. The Kier molecular flexibility index (Phi) is 6.32. The van der Waals surface area contributed by atoms with E-state index >= 15 is 0 Å². The first-order valence-corrected chi connectivity index (χ1v) is 9.93. The zero-order valence-electron chi connectivity index (χ0n) is 14.7. The number of hydrogen-bond donors (Lipinski definition) is 0. The van der Waals surface area contributed by atoms with E-state index in [-0.39, 0.29) is 5.91 Å². The van der Waals surface area contributed by atoms with Gasteiger partial charge in [0.15, 0.2) is 11.5 Å². The van der Waals surface area contributed by atoms with Crippen LogP contribution in [0.3, 0.4) is 0 Å². The standard InChI is InChI=1S/C19H20BrNO4S/c1-21(11-13-9-14(20)3-5-16(13)23-2)19(22)12-26-15-4-6-17-18(10-15)25-8-7-24-17/h3-6,9-10H,7-8,11-12H2,1-2H3. The molecule has 0 atom stereocenters. The minimum Gasteiger partial charge on any atom is -0.496 e. The number of carbonyl (C=O) groups is 1. The molecular formula is C19H20BrNO4S. The van der Waals surface area contributed by atoms with Crippen molar-refractivity contribution in [1.29, 1.82) is 0 Å². The van der Waals surface area contributed by atoms with Gasteiger partial charge in [-0.05, 0) is 36.4 Å². The summed E-state index contributed by atoms with van der Waals surface area (Å²) < 4.78 is 17.4. The van der Waals surface area contributed by atoms with Crippen LogP contribution in [0.1, 0.15) is 5.56 Å². The SMILES string of the molecule is COc1ccc(Br)cc1CN(C)C(=O)CSc1ccc2c(c1)OCCO2. The van der Waals surface area contributed by atoms with Crippen molar-refractivity contribution in [3.05, 3.63) is 46.4 Å². The average Bonchev–Trinajstić information content (AvgIpc) is 2.66. The summed E-state index contributed by atoms with van der Waals surface area (Å²) in [6.07, 6.45) is 0. The highest BCUT2D eigenvalue weighted by Gasteiger charge is 2.15. The number of nitrogens with zero attached hydrogens (tertiary/aromatic N) is 1. The van der Waals surface area contributed by atoms with Crippen molar-refractivity contribution in [2.45, 2.75) is 11.4 Å². The number of halogens is 1. The molecule has 1 aliphatic heterocycles. The van der Waals surface area contributed by atoms with Crippen molar-refractivity contribution >= 4 is 33.6 Å². The molecule has 3 rings (SSSR count). The molecule has 2 aromatic rings. The fourth-order valence-corrected chi connectivity index (χ4v) is 3.86. The predicted octanol–water partition coefficient (Wildman–Crippen LogP) is 3.98. The van der Waals surface area contributed by atoms with E-state index in [9.17, 15) is 4.79 Å². The van der Waals surface area contributed by atoms with E-state index in [4.69, 9.17) is 14.2 Å². The Hall–Kier alpha value is -1.86. The largest absolute Gasteiger partial charge is 0.496 e. The third-order valence-corrected chi connectivity index (χ3v) is 5.42. The van der Waals surface area contributed by atoms with Crippen molar-refractivity contribution in [2.24, 2.45) is 0 Å². The fraction of sp³-hybridized carbons (Fsp3) is 0.316. The molecule has 0 radical (unpaired) electrons. The van der Waals surface area contributed by atoms with Crippen LogP contribution >= 0.6 is 27.7 Å². The predicted molar refractivity (Wildman–Crippen MR) is 105 cm³/mol. The molecule has 0 spiro atoms. The summed E-state index contributed by atoms with van der Waals surface area (Å²) in [4.78, 5) is 15.2. The number of methoxy groups -OCH3 is 1. The monoisotopic (exact) mass is 437 g/mol. The third kappa shape index (κ3) is 4.65. The lowest BCUT2D eigenvalue weighted by Gasteiger charge is -2.20. The molecule has 5 nitrogen and oxygen atoms in total. The average molecular weight is 438 g/mol. The molecule has 2 aromatic carbocycles. The summed E-state index contributed by atoms with van der Waals surface area (Å²) in [5.74, 6) is 2.66. The summed E-state index contributed by atoms with van der Waals surface area (Å²) in [5, 5.41) is 0. The number of thioether (sulfide) groups is 1. The Morgan fingerprint density at radius 3 is 2.73 bits per heavy atom. The van der Waals surface area contributed by atoms with E-state index in [1.165, 1.54) is 11.8 Å². The summed E-state index contributed by atoms with van der Waals surface area (Å²) in [6.45, 7) is 1.61. The van der Waals surface area contributed by atoms with E-state index in [0.29, 0.717) is 25.5 Å². The summed E-state index contributed by atoms with van der Waals surface area (Å²) in [5.41, 5.74) is 0.960. The molecule has 0 unspecified atom stereocenters. The molecule has 0 N–H and O–H groups in total. The van der Waals surface area contributed by atoms with E-state index < -0.39 is 0 Å². The Morgan fingerprint density at radius 1 is 1.19 bits per heavy atom. The highest BCUT2D eigenvalue weighted by Crippen LogP contribution is 2.34. The van der Waals surface area contributed by atoms with E-state index in [1.807, 2.05) is 36.4 Å². The highest BCUT2D eigenvalue weighted by atomic mass is 79.9. The molecule has 1 amide bonds. The molecule has 7 heteroatoms. The molecule has 0 bridgehead atoms. The van der Waals surface area contributed by atoms with Gasteiger partial charge in [-0.3, -0.25) is 4.79 Å². The third-order valence-electron chi connectivity index (χ3n) is 3.95. The van der Waals surface area contributed by atoms with Crippen molar-refractivity contribution in [2.75, 3.05) is 33.1 Å². The van der Waals surface area contributed by atoms with Crippen molar-refractivity contribution in [3.8, 4) is 17.2 Å². The molecule has 1 heterocycles. The summed E-state index contributed by atoms with van der Waals surface area (Å²) >= 11 is 4.94. The number of rotatable bonds is 6. The van der Waals surface area contributed by atoms with Gasteiger partial charge in [0.05, 0.1) is 12.9 Å². The van der Waals surface area contributed by atoms with Gasteiger partial charge in [-0.25, -0.2) is 0 Å². The molecule has 1 aliphatic rings. The molecule has 138 valence electrons. The number of benzene rings is 2. The van der Waals surface area contributed by atoms with Gasteiger partial charge in [0.25, 0.3) is 0 Å². The van der Waals surface area contributed by atoms with Crippen LogP contribution in [0.15, 0.2) is 45.8 Å². The smallest absolute Gasteiger partial charge is 0.232 e. The van der Waals surface area contributed by atoms with Crippen LogP contribution in [0, 0.1) is 0 Å². The number of amides is 1. The van der Waals surface area contributed by atoms with Crippen LogP contribution in [-0.4, -0.2) is 43.9 Å². The molecule has 0 aromatic heterocycles. The summed E-state index contributed by atoms with van der Waals surface area (Å²) in [6, 6.07) is 11.5. The Bertz CT molecular complexity index is 799. The van der Waals surface area contributed by atoms with Crippen LogP contribution in [0.2, 0.25) is 0 Å². The van der Waals surface area contributed by atoms with Crippen LogP contribution in [0.5, 0.6) is 17.2 Å². The van der Waals surface area contributed by atoms with E-state index in [0.717, 1.165) is 32.2 Å². The lowest BCUT2D eigenvalue weighted by molar-refractivity contribution is -0.127. The maximum atomic E-state index is 12.5. The lowest BCUT2D eigenvalue weighted by atomic mass is 10.2. The maximum Gasteiger partial charge on any atom is 0.232 e. The molecule has 0 aliphatic carbocycles. The number of hydrogen-bond acceptors (Lipinski definition) is 5. The van der Waals surface area contributed by atoms with Crippen LogP contribution in [0.4, 0.5) is 0 Å². The lowest BCUT2D eigenvalue weighted by Crippen LogP contribution is -2.28. The Labute approximate surface area is 165 Å². The minimum atomic E-state index is 0.0481. The van der Waals surface area contributed by atoms with Crippen molar-refractivity contribution in [3.63, 3.8) is 0 Å². The van der Waals surface area contributed by atoms with Crippen molar-refractivity contribution < 1.29 is 19.0 Å². The van der Waals surface area contributed by atoms with E-state index in [2.05, 4.69) is 15.9 Å². The van der Waals surface area contributed by atoms with Gasteiger partial charge in [0, 0.05) is 28.5 Å². The number of carbonyl (C=O) groups excluding carboxylic acids is 1. The fourth-order valence-electron chi connectivity index (χ4n) is 2.58. The quantitative estimate of drug-likeness (QED) is 0.639. The molecule has 0 fully saturated rings. The second-order valence-electron chi connectivity index (χ2n) is 5.80. The minimum absolute atomic E-state index is 0.0481. The first-order valence-electron chi connectivity index (χ1n) is 8.15.